The van der Waals surface area contributed by atoms with Crippen molar-refractivity contribution >= 4 is 21.5 Å². The monoisotopic (exact) mass is 570 g/mol. The molecular weight excluding hydrogens is 540 g/mol. The summed E-state index contributed by atoms with van der Waals surface area (Å²) in [5.41, 5.74) is 9.17. The summed E-state index contributed by atoms with van der Waals surface area (Å²) < 4.78 is 38.4. The average molecular weight is 571 g/mol. The molecule has 210 valence electrons. The Morgan fingerprint density at radius 3 is 2.56 bits per heavy atom. The summed E-state index contributed by atoms with van der Waals surface area (Å²) in [6.07, 6.45) is 3.98. The molecule has 1 fully saturated rings. The quantitative estimate of drug-likeness (QED) is 0.240. The third-order valence-corrected chi connectivity index (χ3v) is 8.65. The number of ether oxygens (including phenoxy) is 1. The number of anilines is 1. The smallest absolute Gasteiger partial charge is 0.297 e. The van der Waals surface area contributed by atoms with Gasteiger partial charge in [0, 0.05) is 23.9 Å². The van der Waals surface area contributed by atoms with Crippen molar-refractivity contribution in [2.75, 3.05) is 12.3 Å². The number of rotatable bonds is 9. The van der Waals surface area contributed by atoms with Gasteiger partial charge in [-0.25, -0.2) is 9.97 Å². The van der Waals surface area contributed by atoms with Crippen molar-refractivity contribution in [2.45, 2.75) is 42.8 Å². The Hall–Kier alpha value is -4.25. The molecule has 3 aromatic carbocycles. The zero-order valence-electron chi connectivity index (χ0n) is 22.5. The second-order valence-corrected chi connectivity index (χ2v) is 12.1. The maximum Gasteiger partial charge on any atom is 0.297 e. The van der Waals surface area contributed by atoms with Crippen LogP contribution in [0.4, 0.5) is 5.82 Å². The van der Waals surface area contributed by atoms with E-state index in [-0.39, 0.29) is 30.3 Å². The summed E-state index contributed by atoms with van der Waals surface area (Å²) in [4.78, 5) is 9.29. The molecule has 10 heteroatoms. The van der Waals surface area contributed by atoms with Gasteiger partial charge < -0.3 is 15.6 Å². The van der Waals surface area contributed by atoms with Gasteiger partial charge in [0.1, 0.15) is 35.2 Å². The Morgan fingerprint density at radius 2 is 1.80 bits per heavy atom. The number of nitrogens with zero attached hydrogens (tertiary/aromatic N) is 3. The predicted octanol–water partition coefficient (Wildman–Crippen LogP) is 4.88. The molecule has 1 saturated carbocycles. The van der Waals surface area contributed by atoms with Crippen molar-refractivity contribution in [3.05, 3.63) is 108 Å². The molecule has 6 rings (SSSR count). The molecule has 0 spiro atoms. The first-order valence-electron chi connectivity index (χ1n) is 13.3. The topological polar surface area (TPSA) is 129 Å². The molecule has 5 aromatic rings. The van der Waals surface area contributed by atoms with Crippen LogP contribution in [0.25, 0.3) is 16.8 Å². The SMILES string of the molecule is Cc1ccc(S(=O)(=O)OC[C@]2(O)C[C@H](c3nc(-c4cccc(OCc5ccccc5)c4)c4c(N)nccn43)C2)cc1. The fraction of sp³-hybridized carbons (Fsp3) is 0.226. The maximum atomic E-state index is 12.6. The highest BCUT2D eigenvalue weighted by molar-refractivity contribution is 7.86. The molecule has 0 amide bonds. The highest BCUT2D eigenvalue weighted by Crippen LogP contribution is 2.46. The van der Waals surface area contributed by atoms with Gasteiger partial charge >= 0.3 is 0 Å². The van der Waals surface area contributed by atoms with E-state index in [0.29, 0.717) is 35.2 Å². The maximum absolute atomic E-state index is 12.6. The molecule has 0 atom stereocenters. The van der Waals surface area contributed by atoms with Crippen molar-refractivity contribution in [1.82, 2.24) is 14.4 Å². The molecule has 9 nitrogen and oxygen atoms in total. The number of aliphatic hydroxyl groups is 1. The third-order valence-electron chi connectivity index (χ3n) is 7.38. The van der Waals surface area contributed by atoms with E-state index in [0.717, 1.165) is 16.7 Å². The van der Waals surface area contributed by atoms with Crippen LogP contribution in [-0.4, -0.2) is 40.1 Å². The van der Waals surface area contributed by atoms with Crippen LogP contribution in [0, 0.1) is 6.92 Å². The van der Waals surface area contributed by atoms with Crippen molar-refractivity contribution in [3.8, 4) is 17.0 Å². The summed E-state index contributed by atoms with van der Waals surface area (Å²) in [5.74, 6) is 1.61. The minimum atomic E-state index is -3.98. The summed E-state index contributed by atoms with van der Waals surface area (Å²) in [6.45, 7) is 1.98. The van der Waals surface area contributed by atoms with Gasteiger partial charge in [0.2, 0.25) is 0 Å². The number of aromatic nitrogens is 3. The third kappa shape index (κ3) is 5.54. The van der Waals surface area contributed by atoms with Crippen molar-refractivity contribution in [1.29, 1.82) is 0 Å². The van der Waals surface area contributed by atoms with E-state index in [1.54, 1.807) is 24.5 Å². The number of hydrogen-bond acceptors (Lipinski definition) is 8. The molecular formula is C31H30N4O5S. The van der Waals surface area contributed by atoms with Gasteiger partial charge in [0.15, 0.2) is 0 Å². The average Bonchev–Trinajstić information content (AvgIpc) is 3.35. The Morgan fingerprint density at radius 1 is 1.05 bits per heavy atom. The lowest BCUT2D eigenvalue weighted by molar-refractivity contribution is -0.0800. The summed E-state index contributed by atoms with van der Waals surface area (Å²) in [5, 5.41) is 11.1. The summed E-state index contributed by atoms with van der Waals surface area (Å²) in [6, 6.07) is 24.0. The number of nitrogen functional groups attached to an aromatic ring is 1. The number of nitrogens with two attached hydrogens (primary N) is 1. The summed E-state index contributed by atoms with van der Waals surface area (Å²) >= 11 is 0. The highest BCUT2D eigenvalue weighted by atomic mass is 32.2. The zero-order chi connectivity index (χ0) is 28.6. The molecule has 1 aliphatic carbocycles. The van der Waals surface area contributed by atoms with E-state index in [4.69, 9.17) is 19.6 Å². The normalized spacial score (nSPS) is 18.7. The predicted molar refractivity (Wildman–Crippen MR) is 155 cm³/mol. The molecule has 0 bridgehead atoms. The number of hydrogen-bond donors (Lipinski definition) is 2. The van der Waals surface area contributed by atoms with Gasteiger partial charge in [-0.3, -0.25) is 8.58 Å². The molecule has 2 aromatic heterocycles. The van der Waals surface area contributed by atoms with Crippen LogP contribution in [0.15, 0.2) is 96.2 Å². The van der Waals surface area contributed by atoms with Crippen molar-refractivity contribution in [2.24, 2.45) is 0 Å². The van der Waals surface area contributed by atoms with E-state index in [1.807, 2.05) is 65.9 Å². The molecule has 3 N–H and O–H groups in total. The molecule has 2 heterocycles. The van der Waals surface area contributed by atoms with E-state index in [1.165, 1.54) is 12.1 Å². The van der Waals surface area contributed by atoms with Crippen molar-refractivity contribution in [3.63, 3.8) is 0 Å². The second kappa shape index (κ2) is 10.6. The molecule has 41 heavy (non-hydrogen) atoms. The first kappa shape index (κ1) is 26.9. The van der Waals surface area contributed by atoms with E-state index in [9.17, 15) is 13.5 Å². The number of benzene rings is 3. The van der Waals surface area contributed by atoms with Crippen LogP contribution in [0.2, 0.25) is 0 Å². The molecule has 0 saturated heterocycles. The van der Waals surface area contributed by atoms with Crippen LogP contribution in [0.3, 0.4) is 0 Å². The molecule has 0 aliphatic heterocycles. The van der Waals surface area contributed by atoms with Crippen LogP contribution < -0.4 is 10.5 Å². The highest BCUT2D eigenvalue weighted by Gasteiger charge is 2.46. The lowest BCUT2D eigenvalue weighted by Crippen LogP contribution is -2.47. The number of aryl methyl sites for hydroxylation is 1. The molecule has 0 radical (unpaired) electrons. The van der Waals surface area contributed by atoms with Gasteiger partial charge in [-0.2, -0.15) is 8.42 Å². The van der Waals surface area contributed by atoms with E-state index >= 15 is 0 Å². The van der Waals surface area contributed by atoms with Gasteiger partial charge in [0.25, 0.3) is 10.1 Å². The molecule has 1 aliphatic rings. The second-order valence-electron chi connectivity index (χ2n) is 10.5. The largest absolute Gasteiger partial charge is 0.489 e. The van der Waals surface area contributed by atoms with Gasteiger partial charge in [-0.15, -0.1) is 0 Å². The summed E-state index contributed by atoms with van der Waals surface area (Å²) in [7, 11) is -3.98. The standard InChI is InChI=1S/C31H30N4O5S/c1-21-10-12-26(13-11-21)41(37,38)40-20-31(36)17-24(18-31)30-34-27(28-29(32)33-14-15-35(28)30)23-8-5-9-25(16-23)39-19-22-6-3-2-4-7-22/h2-16,24,36H,17-20H2,1H3,(H2,32,33)/t24-,31-. The van der Waals surface area contributed by atoms with Crippen LogP contribution in [0.5, 0.6) is 5.75 Å². The van der Waals surface area contributed by atoms with E-state index in [2.05, 4.69) is 4.98 Å². The fourth-order valence-corrected chi connectivity index (χ4v) is 6.15. The lowest BCUT2D eigenvalue weighted by atomic mass is 9.71. The first-order chi connectivity index (χ1) is 19.7. The number of fused-ring (bicyclic) bond motifs is 1. The molecule has 0 unspecified atom stereocenters. The van der Waals surface area contributed by atoms with Gasteiger partial charge in [0.05, 0.1) is 17.1 Å². The van der Waals surface area contributed by atoms with Gasteiger partial charge in [-0.1, -0.05) is 60.2 Å². The zero-order valence-corrected chi connectivity index (χ0v) is 23.3. The first-order valence-corrected chi connectivity index (χ1v) is 14.7. The Balaban J connectivity index is 1.21. The number of imidazole rings is 1. The van der Waals surface area contributed by atoms with Crippen LogP contribution in [-0.2, 0) is 20.9 Å². The van der Waals surface area contributed by atoms with E-state index < -0.39 is 15.7 Å². The fourth-order valence-electron chi connectivity index (χ4n) is 5.17. The Bertz CT molecular complexity index is 1800. The Kier molecular flexibility index (Phi) is 6.98. The Labute approximate surface area is 238 Å². The lowest BCUT2D eigenvalue weighted by Gasteiger charge is -2.42. The minimum Gasteiger partial charge on any atom is -0.489 e. The van der Waals surface area contributed by atoms with Gasteiger partial charge in [-0.05, 0) is 49.6 Å². The minimum absolute atomic E-state index is 0.0596. The van der Waals surface area contributed by atoms with Crippen LogP contribution >= 0.6 is 0 Å². The van der Waals surface area contributed by atoms with Crippen molar-refractivity contribution < 1.29 is 22.4 Å². The van der Waals surface area contributed by atoms with Crippen LogP contribution in [0.1, 0.15) is 35.7 Å².